The van der Waals surface area contributed by atoms with E-state index >= 15 is 0 Å². The molecule has 64 valence electrons. The minimum atomic E-state index is -0.775. The summed E-state index contributed by atoms with van der Waals surface area (Å²) in [7, 11) is 0. The number of rotatable bonds is 2. The van der Waals surface area contributed by atoms with Gasteiger partial charge in [-0.1, -0.05) is 0 Å². The molecule has 0 aromatic rings. The maximum atomic E-state index is 12.7. The molecule has 1 fully saturated rings. The van der Waals surface area contributed by atoms with E-state index in [-0.39, 0.29) is 12.5 Å². The van der Waals surface area contributed by atoms with Crippen LogP contribution in [0.4, 0.5) is 4.39 Å². The lowest BCUT2D eigenvalue weighted by Gasteiger charge is -2.27. The molecule has 11 heavy (non-hydrogen) atoms. The first kappa shape index (κ1) is 8.46. The predicted molar refractivity (Wildman–Crippen MR) is 39.8 cm³/mol. The van der Waals surface area contributed by atoms with E-state index < -0.39 is 6.17 Å². The van der Waals surface area contributed by atoms with Crippen molar-refractivity contribution >= 4 is 5.91 Å². The Hall–Kier alpha value is -0.640. The number of piperidine rings is 1. The van der Waals surface area contributed by atoms with E-state index in [1.807, 2.05) is 0 Å². The highest BCUT2D eigenvalue weighted by atomic mass is 19.1. The molecule has 0 spiro atoms. The Morgan fingerprint density at radius 3 is 3.00 bits per heavy atom. The van der Waals surface area contributed by atoms with Crippen molar-refractivity contribution in [2.45, 2.75) is 19.0 Å². The van der Waals surface area contributed by atoms with Gasteiger partial charge in [0.1, 0.15) is 6.17 Å². The maximum Gasteiger partial charge on any atom is 0.231 e. The summed E-state index contributed by atoms with van der Waals surface area (Å²) < 4.78 is 12.7. The van der Waals surface area contributed by atoms with Gasteiger partial charge in [0, 0.05) is 6.54 Å². The average molecular weight is 160 g/mol. The molecule has 3 nitrogen and oxygen atoms in total. The lowest BCUT2D eigenvalue weighted by Crippen LogP contribution is -2.41. The van der Waals surface area contributed by atoms with E-state index in [4.69, 9.17) is 5.73 Å². The number of likely N-dealkylation sites (tertiary alicyclic amines) is 1. The van der Waals surface area contributed by atoms with E-state index in [0.717, 1.165) is 13.0 Å². The predicted octanol–water partition coefficient (Wildman–Crippen LogP) is -0.0944. The normalized spacial score (nSPS) is 26.8. The third-order valence-electron chi connectivity index (χ3n) is 1.83. The Morgan fingerprint density at radius 2 is 2.45 bits per heavy atom. The number of carbonyl (C=O) groups excluding carboxylic acids is 1. The molecule has 1 heterocycles. The topological polar surface area (TPSA) is 46.3 Å². The van der Waals surface area contributed by atoms with E-state index in [1.165, 1.54) is 0 Å². The van der Waals surface area contributed by atoms with Gasteiger partial charge in [-0.25, -0.2) is 4.39 Å². The van der Waals surface area contributed by atoms with Gasteiger partial charge in [0.25, 0.3) is 0 Å². The molecule has 1 rings (SSSR count). The fourth-order valence-electron chi connectivity index (χ4n) is 1.36. The van der Waals surface area contributed by atoms with Gasteiger partial charge < -0.3 is 5.73 Å². The van der Waals surface area contributed by atoms with Crippen LogP contribution in [-0.2, 0) is 4.79 Å². The lowest BCUT2D eigenvalue weighted by atomic mass is 10.1. The molecule has 1 atom stereocenters. The van der Waals surface area contributed by atoms with Gasteiger partial charge in [-0.05, 0) is 19.4 Å². The Kier molecular flexibility index (Phi) is 2.82. The number of hydrogen-bond donors (Lipinski definition) is 1. The Labute approximate surface area is 65.3 Å². The van der Waals surface area contributed by atoms with Crippen LogP contribution in [0.3, 0.4) is 0 Å². The van der Waals surface area contributed by atoms with Crippen LogP contribution in [0.2, 0.25) is 0 Å². The number of alkyl halides is 1. The van der Waals surface area contributed by atoms with Gasteiger partial charge in [0.05, 0.1) is 6.54 Å². The average Bonchev–Trinajstić information content (AvgIpc) is 1.85. The van der Waals surface area contributed by atoms with Gasteiger partial charge in [-0.3, -0.25) is 9.69 Å². The monoisotopic (exact) mass is 160 g/mol. The SMILES string of the molecule is NC(=O)CN1CCCC(F)C1. The minimum Gasteiger partial charge on any atom is -0.369 e. The van der Waals surface area contributed by atoms with E-state index in [2.05, 4.69) is 0 Å². The molecule has 1 saturated heterocycles. The highest BCUT2D eigenvalue weighted by molar-refractivity contribution is 5.75. The number of hydrogen-bond acceptors (Lipinski definition) is 2. The summed E-state index contributed by atoms with van der Waals surface area (Å²) in [5.74, 6) is -0.376. The van der Waals surface area contributed by atoms with E-state index in [0.29, 0.717) is 13.0 Å². The molecule has 4 heteroatoms. The lowest BCUT2D eigenvalue weighted by molar-refractivity contribution is -0.119. The summed E-state index contributed by atoms with van der Waals surface area (Å²) in [6, 6.07) is 0. The molecule has 1 unspecified atom stereocenters. The van der Waals surface area contributed by atoms with Crippen LogP contribution < -0.4 is 5.73 Å². The van der Waals surface area contributed by atoms with Gasteiger partial charge in [-0.15, -0.1) is 0 Å². The molecule has 0 aliphatic carbocycles. The van der Waals surface area contributed by atoms with Crippen molar-refractivity contribution in [2.24, 2.45) is 5.73 Å². The summed E-state index contributed by atoms with van der Waals surface area (Å²) in [6.45, 7) is 1.35. The van der Waals surface area contributed by atoms with Crippen LogP contribution in [0.5, 0.6) is 0 Å². The van der Waals surface area contributed by atoms with Crippen LogP contribution in [0.25, 0.3) is 0 Å². The van der Waals surface area contributed by atoms with Crippen molar-refractivity contribution in [3.05, 3.63) is 0 Å². The summed E-state index contributed by atoms with van der Waals surface area (Å²) >= 11 is 0. The standard InChI is InChI=1S/C7H13FN2O/c8-6-2-1-3-10(4-6)5-7(9)11/h6H,1-5H2,(H2,9,11). The summed E-state index contributed by atoms with van der Waals surface area (Å²) in [4.78, 5) is 12.2. The highest BCUT2D eigenvalue weighted by Crippen LogP contribution is 2.11. The fraction of sp³-hybridized carbons (Fsp3) is 0.857. The molecule has 1 amide bonds. The Bertz CT molecular complexity index is 151. The van der Waals surface area contributed by atoms with E-state index in [9.17, 15) is 9.18 Å². The summed E-state index contributed by atoms with van der Waals surface area (Å²) in [6.07, 6.45) is 0.673. The second-order valence-corrected chi connectivity index (χ2v) is 2.94. The Balaban J connectivity index is 2.28. The van der Waals surface area contributed by atoms with Crippen molar-refractivity contribution < 1.29 is 9.18 Å². The molecule has 0 radical (unpaired) electrons. The molecular weight excluding hydrogens is 147 g/mol. The van der Waals surface area contributed by atoms with Crippen LogP contribution in [-0.4, -0.2) is 36.6 Å². The minimum absolute atomic E-state index is 0.195. The number of nitrogens with zero attached hydrogens (tertiary/aromatic N) is 1. The second kappa shape index (κ2) is 3.67. The highest BCUT2D eigenvalue weighted by Gasteiger charge is 2.19. The number of halogens is 1. The van der Waals surface area contributed by atoms with Crippen molar-refractivity contribution in [1.82, 2.24) is 4.90 Å². The van der Waals surface area contributed by atoms with Crippen LogP contribution in [0.1, 0.15) is 12.8 Å². The molecule has 1 aliphatic rings. The second-order valence-electron chi connectivity index (χ2n) is 2.94. The van der Waals surface area contributed by atoms with Crippen LogP contribution in [0.15, 0.2) is 0 Å². The van der Waals surface area contributed by atoms with Crippen LogP contribution in [0, 0.1) is 0 Å². The molecule has 0 aromatic heterocycles. The largest absolute Gasteiger partial charge is 0.369 e. The molecule has 2 N–H and O–H groups in total. The number of nitrogens with two attached hydrogens (primary N) is 1. The van der Waals surface area contributed by atoms with Gasteiger partial charge in [0.15, 0.2) is 0 Å². The molecule has 0 saturated carbocycles. The van der Waals surface area contributed by atoms with Gasteiger partial charge in [0.2, 0.25) is 5.91 Å². The van der Waals surface area contributed by atoms with Crippen molar-refractivity contribution in [3.63, 3.8) is 0 Å². The van der Waals surface area contributed by atoms with Gasteiger partial charge >= 0.3 is 0 Å². The van der Waals surface area contributed by atoms with Crippen LogP contribution >= 0.6 is 0 Å². The van der Waals surface area contributed by atoms with Gasteiger partial charge in [-0.2, -0.15) is 0 Å². The van der Waals surface area contributed by atoms with Crippen molar-refractivity contribution in [3.8, 4) is 0 Å². The first-order valence-corrected chi connectivity index (χ1v) is 3.83. The molecule has 0 bridgehead atoms. The smallest absolute Gasteiger partial charge is 0.231 e. The summed E-state index contributed by atoms with van der Waals surface area (Å²) in [5.41, 5.74) is 4.97. The third kappa shape index (κ3) is 2.84. The third-order valence-corrected chi connectivity index (χ3v) is 1.83. The van der Waals surface area contributed by atoms with E-state index in [1.54, 1.807) is 4.90 Å². The number of primary amides is 1. The molecule has 0 aromatic carbocycles. The number of amides is 1. The molecular formula is C7H13FN2O. The first-order chi connectivity index (χ1) is 5.18. The maximum absolute atomic E-state index is 12.7. The fourth-order valence-corrected chi connectivity index (χ4v) is 1.36. The zero-order chi connectivity index (χ0) is 8.27. The number of carbonyl (C=O) groups is 1. The first-order valence-electron chi connectivity index (χ1n) is 3.83. The zero-order valence-electron chi connectivity index (χ0n) is 6.42. The Morgan fingerprint density at radius 1 is 1.73 bits per heavy atom. The van der Waals surface area contributed by atoms with Crippen molar-refractivity contribution in [2.75, 3.05) is 19.6 Å². The quantitative estimate of drug-likeness (QED) is 0.613. The van der Waals surface area contributed by atoms with Crippen molar-refractivity contribution in [1.29, 1.82) is 0 Å². The molecule has 1 aliphatic heterocycles. The zero-order valence-corrected chi connectivity index (χ0v) is 6.42. The summed E-state index contributed by atoms with van der Waals surface area (Å²) in [5, 5.41) is 0.